The van der Waals surface area contributed by atoms with Crippen molar-refractivity contribution < 1.29 is 0 Å². The van der Waals surface area contributed by atoms with Crippen LogP contribution in [-0.4, -0.2) is 6.54 Å². The van der Waals surface area contributed by atoms with E-state index in [-0.39, 0.29) is 6.04 Å². The van der Waals surface area contributed by atoms with Crippen LogP contribution < -0.4 is 11.1 Å². The predicted octanol–water partition coefficient (Wildman–Crippen LogP) is 3.46. The van der Waals surface area contributed by atoms with E-state index in [4.69, 9.17) is 5.73 Å². The van der Waals surface area contributed by atoms with Crippen LogP contribution >= 0.6 is 0 Å². The van der Waals surface area contributed by atoms with Crippen LogP contribution in [-0.2, 0) is 19.3 Å². The van der Waals surface area contributed by atoms with Crippen molar-refractivity contribution in [1.82, 2.24) is 0 Å². The Balaban J connectivity index is 1.53. The SMILES string of the molecule is NC1CCNc2ccc(CC3Cc4ccccc4C3)cc21. The minimum Gasteiger partial charge on any atom is -0.385 e. The lowest BCUT2D eigenvalue weighted by Crippen LogP contribution is -2.22. The van der Waals surface area contributed by atoms with Crippen molar-refractivity contribution in [1.29, 1.82) is 0 Å². The fraction of sp³-hybridized carbons (Fsp3) is 0.368. The summed E-state index contributed by atoms with van der Waals surface area (Å²) in [6, 6.07) is 15.9. The second kappa shape index (κ2) is 5.19. The van der Waals surface area contributed by atoms with E-state index in [0.29, 0.717) is 0 Å². The van der Waals surface area contributed by atoms with Gasteiger partial charge in [-0.2, -0.15) is 0 Å². The van der Waals surface area contributed by atoms with Crippen molar-refractivity contribution in [3.63, 3.8) is 0 Å². The molecule has 0 amide bonds. The Morgan fingerprint density at radius 1 is 1.05 bits per heavy atom. The van der Waals surface area contributed by atoms with Crippen molar-refractivity contribution >= 4 is 5.69 Å². The number of fused-ring (bicyclic) bond motifs is 2. The van der Waals surface area contributed by atoms with Gasteiger partial charge in [-0.3, -0.25) is 0 Å². The van der Waals surface area contributed by atoms with Gasteiger partial charge in [-0.15, -0.1) is 0 Å². The molecule has 1 unspecified atom stereocenters. The second-order valence-corrected chi connectivity index (χ2v) is 6.49. The number of hydrogen-bond acceptors (Lipinski definition) is 2. The Kier molecular flexibility index (Phi) is 3.19. The van der Waals surface area contributed by atoms with Crippen LogP contribution in [0, 0.1) is 5.92 Å². The van der Waals surface area contributed by atoms with E-state index in [2.05, 4.69) is 47.8 Å². The van der Waals surface area contributed by atoms with Crippen LogP contribution in [0.5, 0.6) is 0 Å². The lowest BCUT2D eigenvalue weighted by atomic mass is 9.91. The zero-order valence-electron chi connectivity index (χ0n) is 12.3. The minimum atomic E-state index is 0.196. The molecule has 0 spiro atoms. The fourth-order valence-electron chi connectivity index (χ4n) is 3.85. The molecule has 21 heavy (non-hydrogen) atoms. The van der Waals surface area contributed by atoms with E-state index in [1.54, 1.807) is 11.1 Å². The largest absolute Gasteiger partial charge is 0.385 e. The van der Waals surface area contributed by atoms with Gasteiger partial charge in [0.25, 0.3) is 0 Å². The molecule has 1 aliphatic heterocycles. The molecule has 1 atom stereocenters. The molecule has 3 N–H and O–H groups in total. The summed E-state index contributed by atoms with van der Waals surface area (Å²) in [4.78, 5) is 0. The zero-order chi connectivity index (χ0) is 14.2. The van der Waals surface area contributed by atoms with E-state index in [0.717, 1.165) is 25.3 Å². The molecule has 0 aromatic heterocycles. The molecule has 2 aromatic rings. The zero-order valence-corrected chi connectivity index (χ0v) is 12.3. The molecule has 108 valence electrons. The van der Waals surface area contributed by atoms with E-state index in [1.807, 2.05) is 0 Å². The smallest absolute Gasteiger partial charge is 0.0388 e. The van der Waals surface area contributed by atoms with Crippen molar-refractivity contribution in [2.45, 2.75) is 31.7 Å². The Bertz CT molecular complexity index is 637. The van der Waals surface area contributed by atoms with E-state index < -0.39 is 0 Å². The van der Waals surface area contributed by atoms with Gasteiger partial charge in [-0.25, -0.2) is 0 Å². The van der Waals surface area contributed by atoms with Crippen LogP contribution in [0.1, 0.15) is 34.7 Å². The molecule has 0 bridgehead atoms. The highest BCUT2D eigenvalue weighted by Crippen LogP contribution is 2.32. The van der Waals surface area contributed by atoms with Gasteiger partial charge < -0.3 is 11.1 Å². The summed E-state index contributed by atoms with van der Waals surface area (Å²) in [6.45, 7) is 0.992. The first-order valence-electron chi connectivity index (χ1n) is 7.98. The van der Waals surface area contributed by atoms with Gasteiger partial charge in [-0.05, 0) is 59.9 Å². The number of rotatable bonds is 2. The summed E-state index contributed by atoms with van der Waals surface area (Å²) in [5, 5.41) is 3.45. The number of benzene rings is 2. The van der Waals surface area contributed by atoms with Crippen molar-refractivity contribution in [2.24, 2.45) is 11.7 Å². The van der Waals surface area contributed by atoms with E-state index in [9.17, 15) is 0 Å². The Morgan fingerprint density at radius 2 is 1.81 bits per heavy atom. The topological polar surface area (TPSA) is 38.0 Å². The van der Waals surface area contributed by atoms with Crippen molar-refractivity contribution in [3.8, 4) is 0 Å². The van der Waals surface area contributed by atoms with Gasteiger partial charge >= 0.3 is 0 Å². The standard InChI is InChI=1S/C19H22N2/c20-18-7-8-21-19-6-5-13(12-17(18)19)9-14-10-15-3-1-2-4-16(15)11-14/h1-6,12,14,18,21H,7-11,20H2. The number of hydrogen-bond donors (Lipinski definition) is 2. The predicted molar refractivity (Wildman–Crippen MR) is 87.5 cm³/mol. The van der Waals surface area contributed by atoms with E-state index >= 15 is 0 Å². The quantitative estimate of drug-likeness (QED) is 0.883. The van der Waals surface area contributed by atoms with Crippen LogP contribution in [0.3, 0.4) is 0 Å². The summed E-state index contributed by atoms with van der Waals surface area (Å²) in [5.41, 5.74) is 13.3. The monoisotopic (exact) mass is 278 g/mol. The Hall–Kier alpha value is -1.80. The summed E-state index contributed by atoms with van der Waals surface area (Å²) >= 11 is 0. The van der Waals surface area contributed by atoms with Gasteiger partial charge in [0.1, 0.15) is 0 Å². The second-order valence-electron chi connectivity index (χ2n) is 6.49. The number of nitrogens with one attached hydrogen (secondary N) is 1. The van der Waals surface area contributed by atoms with Crippen molar-refractivity contribution in [2.75, 3.05) is 11.9 Å². The van der Waals surface area contributed by atoms with Gasteiger partial charge in [-0.1, -0.05) is 36.4 Å². The number of anilines is 1. The average molecular weight is 278 g/mol. The lowest BCUT2D eigenvalue weighted by molar-refractivity contribution is 0.557. The minimum absolute atomic E-state index is 0.196. The highest BCUT2D eigenvalue weighted by atomic mass is 14.9. The molecule has 0 fully saturated rings. The Morgan fingerprint density at radius 3 is 2.57 bits per heavy atom. The van der Waals surface area contributed by atoms with Crippen LogP contribution in [0.4, 0.5) is 5.69 Å². The van der Waals surface area contributed by atoms with Crippen LogP contribution in [0.15, 0.2) is 42.5 Å². The first-order chi connectivity index (χ1) is 10.3. The molecule has 4 rings (SSSR count). The molecular formula is C19H22N2. The molecule has 0 saturated heterocycles. The summed E-state index contributed by atoms with van der Waals surface area (Å²) < 4.78 is 0. The molecule has 2 nitrogen and oxygen atoms in total. The molecule has 0 radical (unpaired) electrons. The maximum Gasteiger partial charge on any atom is 0.0388 e. The molecular weight excluding hydrogens is 256 g/mol. The molecule has 2 aliphatic rings. The first kappa shape index (κ1) is 12.9. The maximum absolute atomic E-state index is 6.25. The van der Waals surface area contributed by atoms with Gasteiger partial charge in [0, 0.05) is 18.3 Å². The van der Waals surface area contributed by atoms with Crippen molar-refractivity contribution in [3.05, 3.63) is 64.7 Å². The van der Waals surface area contributed by atoms with Crippen LogP contribution in [0.2, 0.25) is 0 Å². The van der Waals surface area contributed by atoms with Gasteiger partial charge in [0.15, 0.2) is 0 Å². The highest BCUT2D eigenvalue weighted by Gasteiger charge is 2.22. The van der Waals surface area contributed by atoms with Gasteiger partial charge in [0.2, 0.25) is 0 Å². The summed E-state index contributed by atoms with van der Waals surface area (Å²) in [5.74, 6) is 0.744. The van der Waals surface area contributed by atoms with Gasteiger partial charge in [0.05, 0.1) is 0 Å². The number of nitrogens with two attached hydrogens (primary N) is 1. The third-order valence-electron chi connectivity index (χ3n) is 4.95. The lowest BCUT2D eigenvalue weighted by Gasteiger charge is -2.24. The molecule has 0 saturated carbocycles. The maximum atomic E-state index is 6.25. The molecule has 1 heterocycles. The first-order valence-corrected chi connectivity index (χ1v) is 7.98. The average Bonchev–Trinajstić information content (AvgIpc) is 2.90. The summed E-state index contributed by atoms with van der Waals surface area (Å²) in [7, 11) is 0. The highest BCUT2D eigenvalue weighted by molar-refractivity contribution is 5.56. The molecule has 2 aromatic carbocycles. The normalized spacial score (nSPS) is 20.7. The Labute approximate surface area is 126 Å². The third-order valence-corrected chi connectivity index (χ3v) is 4.95. The fourth-order valence-corrected chi connectivity index (χ4v) is 3.85. The van der Waals surface area contributed by atoms with Crippen LogP contribution in [0.25, 0.3) is 0 Å². The van der Waals surface area contributed by atoms with E-state index in [1.165, 1.54) is 29.7 Å². The third kappa shape index (κ3) is 2.44. The molecule has 2 heteroatoms. The summed E-state index contributed by atoms with van der Waals surface area (Å²) in [6.07, 6.45) is 4.63. The molecule has 1 aliphatic carbocycles.